The number of amides is 1. The van der Waals surface area contributed by atoms with Gasteiger partial charge in [-0.05, 0) is 36.0 Å². The third-order valence-electron chi connectivity index (χ3n) is 6.69. The highest BCUT2D eigenvalue weighted by Gasteiger charge is 2.60. The Bertz CT molecular complexity index is 1190. The van der Waals surface area contributed by atoms with E-state index in [1.54, 1.807) is 0 Å². The first kappa shape index (κ1) is 23.8. The number of hydrogen-bond donors (Lipinski definition) is 6. The Kier molecular flexibility index (Phi) is 5.48. The van der Waals surface area contributed by atoms with Crippen molar-refractivity contribution < 1.29 is 48.0 Å². The number of hydrogen-bond acceptors (Lipinski definition) is 8. The van der Waals surface area contributed by atoms with Crippen LogP contribution in [0, 0.1) is 11.8 Å². The Balaban J connectivity index is 1.80. The number of nitrogens with one attached hydrogen (secondary N) is 1. The molecular formula is C22H21F3N2O7. The molecule has 3 atom stereocenters. The molecule has 7 N–H and O–H groups in total. The lowest BCUT2D eigenvalue weighted by molar-refractivity contribution is -0.147. The van der Waals surface area contributed by atoms with Gasteiger partial charge in [0.05, 0.1) is 12.1 Å². The van der Waals surface area contributed by atoms with E-state index in [4.69, 9.17) is 5.73 Å². The number of ketones is 2. The van der Waals surface area contributed by atoms with E-state index < -0.39 is 76.9 Å². The molecule has 0 spiro atoms. The first-order chi connectivity index (χ1) is 15.8. The van der Waals surface area contributed by atoms with Gasteiger partial charge in [-0.3, -0.25) is 14.4 Å². The van der Waals surface area contributed by atoms with Gasteiger partial charge in [-0.15, -0.1) is 0 Å². The summed E-state index contributed by atoms with van der Waals surface area (Å²) in [6.45, 7) is -1.49. The number of fused-ring (bicyclic) bond motifs is 3. The lowest BCUT2D eigenvalue weighted by atomic mass is 9.59. The van der Waals surface area contributed by atoms with Crippen LogP contribution >= 0.6 is 0 Å². The molecule has 0 unspecified atom stereocenters. The summed E-state index contributed by atoms with van der Waals surface area (Å²) in [5.74, 6) is -7.47. The van der Waals surface area contributed by atoms with Gasteiger partial charge in [0.25, 0.3) is 5.91 Å². The fourth-order valence-electron chi connectivity index (χ4n) is 5.19. The van der Waals surface area contributed by atoms with Crippen LogP contribution in [0.4, 0.5) is 13.2 Å². The molecule has 34 heavy (non-hydrogen) atoms. The second kappa shape index (κ2) is 7.84. The van der Waals surface area contributed by atoms with Crippen molar-refractivity contribution in [2.45, 2.75) is 37.6 Å². The Morgan fingerprint density at radius 1 is 1.18 bits per heavy atom. The second-order valence-electron chi connectivity index (χ2n) is 8.72. The summed E-state index contributed by atoms with van der Waals surface area (Å²) in [5.41, 5.74) is 1.77. The maximum Gasteiger partial charge on any atom is 0.401 e. The maximum absolute atomic E-state index is 13.4. The molecule has 3 aliphatic rings. The van der Waals surface area contributed by atoms with Gasteiger partial charge in [-0.1, -0.05) is 6.07 Å². The summed E-state index contributed by atoms with van der Waals surface area (Å²) in [7, 11) is 0. The lowest BCUT2D eigenvalue weighted by Gasteiger charge is -2.46. The van der Waals surface area contributed by atoms with Gasteiger partial charge in [0.2, 0.25) is 5.78 Å². The summed E-state index contributed by atoms with van der Waals surface area (Å²) < 4.78 is 37.6. The summed E-state index contributed by atoms with van der Waals surface area (Å²) in [5, 5.41) is 45.2. The van der Waals surface area contributed by atoms with Crippen LogP contribution in [0.25, 0.3) is 5.76 Å². The van der Waals surface area contributed by atoms with Crippen molar-refractivity contribution in [3.8, 4) is 5.75 Å². The first-order valence-electron chi connectivity index (χ1n) is 10.4. The lowest BCUT2D eigenvalue weighted by Crippen LogP contribution is -2.58. The molecule has 1 saturated carbocycles. The van der Waals surface area contributed by atoms with Gasteiger partial charge >= 0.3 is 6.18 Å². The molecule has 1 aromatic rings. The molecule has 1 amide bonds. The zero-order valence-corrected chi connectivity index (χ0v) is 17.6. The maximum atomic E-state index is 13.4. The molecule has 4 rings (SSSR count). The number of phenols is 1. The third kappa shape index (κ3) is 3.53. The number of Topliss-reactive ketones (excluding diaryl/α,β-unsaturated/α-hetero) is 2. The standard InChI is InChI=1S/C22H21F3N2O7/c23-21(24,25)7-27-6-8-1-2-12(28)15-11(8)4-9-3-10-5-13(29)16(20(26)33)19(32)22(10,34)18(31)14(9)17(15)30/h1-2,9-10,27-28,30,32,34H,3-7H2,(H2,26,33)/t9-,10+,22+/m1/s1. The quantitative estimate of drug-likeness (QED) is 0.346. The van der Waals surface area contributed by atoms with Crippen LogP contribution in [0.3, 0.4) is 0 Å². The van der Waals surface area contributed by atoms with E-state index in [0.29, 0.717) is 11.1 Å². The number of aromatic hydroxyl groups is 1. The Hall–Kier alpha value is -3.38. The van der Waals surface area contributed by atoms with E-state index in [9.17, 15) is 48.0 Å². The van der Waals surface area contributed by atoms with E-state index in [0.717, 1.165) is 6.07 Å². The van der Waals surface area contributed by atoms with Crippen LogP contribution in [0.2, 0.25) is 0 Å². The van der Waals surface area contributed by atoms with E-state index in [-0.39, 0.29) is 30.5 Å². The number of alkyl halides is 3. The Morgan fingerprint density at radius 3 is 2.47 bits per heavy atom. The predicted octanol–water partition coefficient (Wildman–Crippen LogP) is 1.08. The van der Waals surface area contributed by atoms with E-state index in [1.165, 1.54) is 6.07 Å². The minimum Gasteiger partial charge on any atom is -0.508 e. The topological polar surface area (TPSA) is 170 Å². The van der Waals surface area contributed by atoms with Gasteiger partial charge in [0.1, 0.15) is 22.8 Å². The molecule has 0 aliphatic heterocycles. The molecule has 9 nitrogen and oxygen atoms in total. The Labute approximate surface area is 190 Å². The number of benzene rings is 1. The second-order valence-corrected chi connectivity index (χ2v) is 8.72. The molecule has 1 aromatic carbocycles. The normalized spacial score (nSPS) is 26.8. The highest BCUT2D eigenvalue weighted by Crippen LogP contribution is 2.52. The predicted molar refractivity (Wildman–Crippen MR) is 109 cm³/mol. The molecule has 0 bridgehead atoms. The highest BCUT2D eigenvalue weighted by atomic mass is 19.4. The number of carbonyl (C=O) groups is 3. The molecule has 12 heteroatoms. The minimum absolute atomic E-state index is 0.0197. The summed E-state index contributed by atoms with van der Waals surface area (Å²) in [6.07, 6.45) is -4.94. The van der Waals surface area contributed by atoms with Crippen molar-refractivity contribution in [2.24, 2.45) is 17.6 Å². The monoisotopic (exact) mass is 482 g/mol. The zero-order valence-electron chi connectivity index (χ0n) is 17.6. The van der Waals surface area contributed by atoms with Crippen LogP contribution in [-0.4, -0.2) is 56.2 Å². The number of nitrogens with two attached hydrogens (primary N) is 1. The number of halogens is 3. The van der Waals surface area contributed by atoms with Crippen LogP contribution in [0.5, 0.6) is 5.75 Å². The zero-order chi connectivity index (χ0) is 25.2. The Morgan fingerprint density at radius 2 is 1.85 bits per heavy atom. The summed E-state index contributed by atoms with van der Waals surface area (Å²) in [6, 6.07) is 2.56. The van der Waals surface area contributed by atoms with Crippen molar-refractivity contribution in [2.75, 3.05) is 6.54 Å². The first-order valence-corrected chi connectivity index (χ1v) is 10.4. The SMILES string of the molecule is NC(=O)C1=C(O)[C@@]2(O)C(=O)C3=C(O)c4c(O)ccc(CNCC(F)(F)F)c4C[C@H]3C[C@H]2CC1=O. The molecule has 3 aliphatic carbocycles. The smallest absolute Gasteiger partial charge is 0.401 e. The van der Waals surface area contributed by atoms with Crippen LogP contribution in [-0.2, 0) is 27.3 Å². The van der Waals surface area contributed by atoms with Crippen molar-refractivity contribution in [1.29, 1.82) is 0 Å². The number of aliphatic hydroxyl groups excluding tert-OH is 2. The number of aliphatic hydroxyl groups is 3. The molecule has 1 fully saturated rings. The molecule has 0 heterocycles. The van der Waals surface area contributed by atoms with Crippen molar-refractivity contribution in [3.63, 3.8) is 0 Å². The number of rotatable bonds is 4. The van der Waals surface area contributed by atoms with Gasteiger partial charge in [-0.2, -0.15) is 13.2 Å². The van der Waals surface area contributed by atoms with E-state index in [1.807, 2.05) is 0 Å². The third-order valence-corrected chi connectivity index (χ3v) is 6.69. The van der Waals surface area contributed by atoms with Gasteiger partial charge in [0, 0.05) is 24.5 Å². The minimum atomic E-state index is -4.45. The molecule has 0 aromatic heterocycles. The molecular weight excluding hydrogens is 461 g/mol. The van der Waals surface area contributed by atoms with Crippen molar-refractivity contribution in [1.82, 2.24) is 5.32 Å². The largest absolute Gasteiger partial charge is 0.508 e. The van der Waals surface area contributed by atoms with Gasteiger partial charge < -0.3 is 31.5 Å². The number of phenolic OH excluding ortho intramolecular Hbond substituents is 1. The summed E-state index contributed by atoms with van der Waals surface area (Å²) in [4.78, 5) is 37.3. The van der Waals surface area contributed by atoms with Crippen LogP contribution in [0.1, 0.15) is 29.5 Å². The molecule has 0 saturated heterocycles. The number of carbonyl (C=O) groups excluding carboxylic acids is 3. The van der Waals surface area contributed by atoms with E-state index >= 15 is 0 Å². The van der Waals surface area contributed by atoms with Gasteiger partial charge in [-0.25, -0.2) is 0 Å². The highest BCUT2D eigenvalue weighted by molar-refractivity contribution is 6.22. The van der Waals surface area contributed by atoms with Crippen molar-refractivity contribution in [3.05, 3.63) is 45.7 Å². The molecule has 182 valence electrons. The fraction of sp³-hybridized carbons (Fsp3) is 0.409. The number of primary amides is 1. The van der Waals surface area contributed by atoms with Crippen molar-refractivity contribution >= 4 is 23.2 Å². The fourth-order valence-corrected chi connectivity index (χ4v) is 5.19. The van der Waals surface area contributed by atoms with E-state index in [2.05, 4.69) is 5.32 Å². The van der Waals surface area contributed by atoms with Crippen LogP contribution < -0.4 is 11.1 Å². The van der Waals surface area contributed by atoms with Gasteiger partial charge in [0.15, 0.2) is 11.4 Å². The average molecular weight is 482 g/mol. The average Bonchev–Trinajstić information content (AvgIpc) is 2.71. The summed E-state index contributed by atoms with van der Waals surface area (Å²) >= 11 is 0. The van der Waals surface area contributed by atoms with Crippen LogP contribution in [0.15, 0.2) is 29.0 Å². The molecule has 0 radical (unpaired) electrons.